The van der Waals surface area contributed by atoms with Crippen molar-refractivity contribution in [3.05, 3.63) is 11.6 Å². The van der Waals surface area contributed by atoms with Crippen LogP contribution in [0.3, 0.4) is 0 Å². The van der Waals surface area contributed by atoms with Crippen molar-refractivity contribution in [3.63, 3.8) is 0 Å². The Labute approximate surface area is 87.6 Å². The molecule has 1 atom stereocenters. The van der Waals surface area contributed by atoms with Crippen LogP contribution in [-0.4, -0.2) is 25.8 Å². The average Bonchev–Trinajstić information content (AvgIpc) is 2.42. The Hall–Kier alpha value is -1.10. The number of fused-ring (bicyclic) bond motifs is 1. The molecule has 5 nitrogen and oxygen atoms in total. The van der Waals surface area contributed by atoms with E-state index in [-0.39, 0.29) is 18.3 Å². The van der Waals surface area contributed by atoms with E-state index in [1.807, 2.05) is 6.92 Å². The molecule has 1 aliphatic rings. The predicted octanol–water partition coefficient (Wildman–Crippen LogP) is 0.655. The number of rotatable bonds is 1. The van der Waals surface area contributed by atoms with E-state index < -0.39 is 5.97 Å². The summed E-state index contributed by atoms with van der Waals surface area (Å²) in [4.78, 5) is 14.9. The second kappa shape index (κ2) is 3.96. The molecule has 0 saturated carbocycles. The Balaban J connectivity index is 0.000000980. The molecule has 6 heteroatoms. The normalized spacial score (nSPS) is 19.6. The number of nitrogens with zero attached hydrogens (tertiary/aromatic N) is 3. The lowest BCUT2D eigenvalue weighted by atomic mass is 9.99. The van der Waals surface area contributed by atoms with Gasteiger partial charge in [0.2, 0.25) is 0 Å². The van der Waals surface area contributed by atoms with Crippen molar-refractivity contribution in [1.82, 2.24) is 14.8 Å². The van der Waals surface area contributed by atoms with E-state index in [2.05, 4.69) is 10.1 Å². The number of hydrogen-bond donors (Lipinski definition) is 1. The minimum absolute atomic E-state index is 0. The second-order valence-electron chi connectivity index (χ2n) is 3.33. The van der Waals surface area contributed by atoms with Crippen molar-refractivity contribution in [3.8, 4) is 0 Å². The highest BCUT2D eigenvalue weighted by molar-refractivity contribution is 5.85. The van der Waals surface area contributed by atoms with Crippen LogP contribution >= 0.6 is 12.4 Å². The van der Waals surface area contributed by atoms with Gasteiger partial charge in [0.1, 0.15) is 11.6 Å². The number of aromatic nitrogens is 3. The Bertz CT molecular complexity index is 350. The summed E-state index contributed by atoms with van der Waals surface area (Å²) in [5, 5.41) is 13.0. The quantitative estimate of drug-likeness (QED) is 0.750. The van der Waals surface area contributed by atoms with Gasteiger partial charge in [-0.3, -0.25) is 4.79 Å². The summed E-state index contributed by atoms with van der Waals surface area (Å²) in [6.07, 6.45) is 1.17. The third-order valence-electron chi connectivity index (χ3n) is 2.32. The summed E-state index contributed by atoms with van der Waals surface area (Å²) >= 11 is 0. The van der Waals surface area contributed by atoms with Crippen LogP contribution in [0.2, 0.25) is 0 Å². The summed E-state index contributed by atoms with van der Waals surface area (Å²) in [7, 11) is 0. The molecular formula is C8H12ClN3O2. The van der Waals surface area contributed by atoms with E-state index in [4.69, 9.17) is 5.11 Å². The molecule has 1 unspecified atom stereocenters. The summed E-state index contributed by atoms with van der Waals surface area (Å²) in [6.45, 7) is 2.49. The van der Waals surface area contributed by atoms with Crippen LogP contribution in [0, 0.1) is 12.8 Å². The smallest absolute Gasteiger partial charge is 0.307 e. The van der Waals surface area contributed by atoms with Gasteiger partial charge in [0.25, 0.3) is 0 Å². The van der Waals surface area contributed by atoms with Gasteiger partial charge in [0.15, 0.2) is 0 Å². The van der Waals surface area contributed by atoms with Crippen LogP contribution in [0.5, 0.6) is 0 Å². The molecular weight excluding hydrogens is 206 g/mol. The molecule has 78 valence electrons. The number of carbonyl (C=O) groups is 1. The third kappa shape index (κ3) is 1.87. The maximum absolute atomic E-state index is 10.7. The first-order valence-electron chi connectivity index (χ1n) is 4.30. The maximum Gasteiger partial charge on any atom is 0.307 e. The van der Waals surface area contributed by atoms with Crippen LogP contribution in [0.1, 0.15) is 18.1 Å². The Morgan fingerprint density at radius 1 is 1.64 bits per heavy atom. The van der Waals surface area contributed by atoms with Gasteiger partial charge in [0, 0.05) is 13.0 Å². The molecule has 0 saturated heterocycles. The lowest BCUT2D eigenvalue weighted by Gasteiger charge is -2.17. The van der Waals surface area contributed by atoms with Gasteiger partial charge in [-0.1, -0.05) is 0 Å². The van der Waals surface area contributed by atoms with E-state index in [0.717, 1.165) is 11.6 Å². The topological polar surface area (TPSA) is 68.0 Å². The lowest BCUT2D eigenvalue weighted by Crippen LogP contribution is -2.26. The Kier molecular flexibility index (Phi) is 3.10. The molecule has 0 aliphatic carbocycles. The molecule has 0 fully saturated rings. The molecule has 0 radical (unpaired) electrons. The number of carboxylic acid groups (broad SMARTS) is 1. The zero-order valence-corrected chi connectivity index (χ0v) is 8.62. The standard InChI is InChI=1S/C8H11N3O2.ClH/c1-5-9-7-4-6(8(12)13)2-3-11(7)10-5;/h6H,2-4H2,1H3,(H,12,13);1H. The molecule has 1 N–H and O–H groups in total. The van der Waals surface area contributed by atoms with Gasteiger partial charge >= 0.3 is 5.97 Å². The first-order chi connectivity index (χ1) is 6.16. The molecule has 1 aromatic rings. The van der Waals surface area contributed by atoms with E-state index in [9.17, 15) is 4.79 Å². The van der Waals surface area contributed by atoms with Gasteiger partial charge in [-0.2, -0.15) is 5.10 Å². The lowest BCUT2D eigenvalue weighted by molar-refractivity contribution is -0.142. The molecule has 14 heavy (non-hydrogen) atoms. The molecule has 0 aromatic carbocycles. The SMILES string of the molecule is Cc1nc2n(n1)CCC(C(=O)O)C2.Cl. The van der Waals surface area contributed by atoms with E-state index >= 15 is 0 Å². The molecule has 0 bridgehead atoms. The summed E-state index contributed by atoms with van der Waals surface area (Å²) in [5.41, 5.74) is 0. The fraction of sp³-hybridized carbons (Fsp3) is 0.625. The summed E-state index contributed by atoms with van der Waals surface area (Å²) < 4.78 is 1.80. The molecule has 0 spiro atoms. The van der Waals surface area contributed by atoms with Gasteiger partial charge in [-0.15, -0.1) is 12.4 Å². The predicted molar refractivity (Wildman–Crippen MR) is 51.5 cm³/mol. The van der Waals surface area contributed by atoms with Crippen LogP contribution in [0.25, 0.3) is 0 Å². The maximum atomic E-state index is 10.7. The van der Waals surface area contributed by atoms with E-state index in [1.165, 1.54) is 0 Å². The van der Waals surface area contributed by atoms with Crippen LogP contribution in [-0.2, 0) is 17.8 Å². The van der Waals surface area contributed by atoms with Gasteiger partial charge in [-0.05, 0) is 13.3 Å². The van der Waals surface area contributed by atoms with Crippen LogP contribution < -0.4 is 0 Å². The molecule has 1 aromatic heterocycles. The number of hydrogen-bond acceptors (Lipinski definition) is 3. The fourth-order valence-electron chi connectivity index (χ4n) is 1.64. The average molecular weight is 218 g/mol. The van der Waals surface area contributed by atoms with E-state index in [0.29, 0.717) is 19.4 Å². The monoisotopic (exact) mass is 217 g/mol. The van der Waals surface area contributed by atoms with Crippen molar-refractivity contribution < 1.29 is 9.90 Å². The molecule has 0 amide bonds. The number of aliphatic carboxylic acids is 1. The van der Waals surface area contributed by atoms with Crippen molar-refractivity contribution in [2.75, 3.05) is 0 Å². The number of halogens is 1. The summed E-state index contributed by atoms with van der Waals surface area (Å²) in [6, 6.07) is 0. The summed E-state index contributed by atoms with van der Waals surface area (Å²) in [5.74, 6) is 0.514. The number of aryl methyl sites for hydroxylation is 2. The van der Waals surface area contributed by atoms with Gasteiger partial charge in [-0.25, -0.2) is 9.67 Å². The zero-order chi connectivity index (χ0) is 9.42. The molecule has 1 aliphatic heterocycles. The Morgan fingerprint density at radius 3 is 3.00 bits per heavy atom. The fourth-order valence-corrected chi connectivity index (χ4v) is 1.64. The highest BCUT2D eigenvalue weighted by Crippen LogP contribution is 2.18. The second-order valence-corrected chi connectivity index (χ2v) is 3.33. The van der Waals surface area contributed by atoms with Gasteiger partial charge < -0.3 is 5.11 Å². The van der Waals surface area contributed by atoms with Crippen molar-refractivity contribution in [1.29, 1.82) is 0 Å². The largest absolute Gasteiger partial charge is 0.481 e. The van der Waals surface area contributed by atoms with Gasteiger partial charge in [0.05, 0.1) is 5.92 Å². The van der Waals surface area contributed by atoms with E-state index in [1.54, 1.807) is 4.68 Å². The van der Waals surface area contributed by atoms with Crippen molar-refractivity contribution in [2.45, 2.75) is 26.3 Å². The van der Waals surface area contributed by atoms with Crippen LogP contribution in [0.15, 0.2) is 0 Å². The minimum Gasteiger partial charge on any atom is -0.481 e. The first-order valence-corrected chi connectivity index (χ1v) is 4.30. The van der Waals surface area contributed by atoms with Crippen molar-refractivity contribution in [2.24, 2.45) is 5.92 Å². The Morgan fingerprint density at radius 2 is 2.36 bits per heavy atom. The molecule has 2 rings (SSSR count). The number of carboxylic acids is 1. The highest BCUT2D eigenvalue weighted by Gasteiger charge is 2.25. The van der Waals surface area contributed by atoms with Crippen molar-refractivity contribution >= 4 is 18.4 Å². The zero-order valence-electron chi connectivity index (χ0n) is 7.80. The van der Waals surface area contributed by atoms with Crippen LogP contribution in [0.4, 0.5) is 0 Å². The molecule has 2 heterocycles. The minimum atomic E-state index is -0.730. The first kappa shape index (κ1) is 11.0. The third-order valence-corrected chi connectivity index (χ3v) is 2.32. The highest BCUT2D eigenvalue weighted by atomic mass is 35.5.